The summed E-state index contributed by atoms with van der Waals surface area (Å²) < 4.78 is 0. The predicted octanol–water partition coefficient (Wildman–Crippen LogP) is 3.61. The van der Waals surface area contributed by atoms with Crippen LogP contribution in [0.3, 0.4) is 0 Å². The van der Waals surface area contributed by atoms with E-state index in [0.717, 1.165) is 44.2 Å². The highest BCUT2D eigenvalue weighted by Gasteiger charge is 2.22. The van der Waals surface area contributed by atoms with Gasteiger partial charge in [-0.1, -0.05) is 44.4 Å². The molecule has 1 heterocycles. The quantitative estimate of drug-likeness (QED) is 0.804. The zero-order valence-electron chi connectivity index (χ0n) is 14.2. The highest BCUT2D eigenvalue weighted by atomic mass is 16.2. The number of carbonyl (C=O) groups is 2. The zero-order chi connectivity index (χ0) is 16.5. The van der Waals surface area contributed by atoms with Crippen LogP contribution in [0, 0.1) is 0 Å². The molecule has 0 bridgehead atoms. The summed E-state index contributed by atoms with van der Waals surface area (Å²) in [4.78, 5) is 28.6. The van der Waals surface area contributed by atoms with E-state index in [-0.39, 0.29) is 18.4 Å². The average molecular weight is 316 g/mol. The second kappa shape index (κ2) is 9.33. The molecule has 1 aliphatic rings. The Hall–Kier alpha value is -1.84. The lowest BCUT2D eigenvalue weighted by Crippen LogP contribution is -2.44. The summed E-state index contributed by atoms with van der Waals surface area (Å²) in [7, 11) is 0. The van der Waals surface area contributed by atoms with Crippen molar-refractivity contribution in [2.75, 3.05) is 24.5 Å². The van der Waals surface area contributed by atoms with Gasteiger partial charge in [-0.15, -0.1) is 0 Å². The van der Waals surface area contributed by atoms with Crippen LogP contribution in [0.5, 0.6) is 0 Å². The summed E-state index contributed by atoms with van der Waals surface area (Å²) in [5, 5.41) is 0. The fraction of sp³-hybridized carbons (Fsp3) is 0.579. The number of hydrogen-bond donors (Lipinski definition) is 0. The van der Waals surface area contributed by atoms with E-state index < -0.39 is 0 Å². The van der Waals surface area contributed by atoms with Gasteiger partial charge in [-0.05, 0) is 31.4 Å². The van der Waals surface area contributed by atoms with Gasteiger partial charge >= 0.3 is 0 Å². The summed E-state index contributed by atoms with van der Waals surface area (Å²) in [6.45, 7) is 3.75. The monoisotopic (exact) mass is 316 g/mol. The summed E-state index contributed by atoms with van der Waals surface area (Å²) >= 11 is 0. The molecule has 1 aromatic rings. The standard InChI is InChI=1S/C19H28N2O2/c1-2-3-15-21(17-11-7-6-8-12-17)19(23)16-20-14-10-5-4-9-13-18(20)22/h6-8,11-12H,2-5,9-10,13-16H2,1H3. The van der Waals surface area contributed by atoms with Gasteiger partial charge < -0.3 is 9.80 Å². The second-order valence-electron chi connectivity index (χ2n) is 6.21. The third-order valence-corrected chi connectivity index (χ3v) is 4.35. The molecular formula is C19H28N2O2. The molecular weight excluding hydrogens is 288 g/mol. The highest BCUT2D eigenvalue weighted by molar-refractivity contribution is 5.96. The van der Waals surface area contributed by atoms with Gasteiger partial charge in [0.2, 0.25) is 11.8 Å². The number of carbonyl (C=O) groups excluding carboxylic acids is 2. The minimum Gasteiger partial charge on any atom is -0.333 e. The van der Waals surface area contributed by atoms with Crippen molar-refractivity contribution in [3.63, 3.8) is 0 Å². The predicted molar refractivity (Wildman–Crippen MR) is 93.4 cm³/mol. The van der Waals surface area contributed by atoms with Crippen LogP contribution < -0.4 is 4.90 Å². The number of anilines is 1. The van der Waals surface area contributed by atoms with E-state index in [2.05, 4.69) is 6.92 Å². The zero-order valence-corrected chi connectivity index (χ0v) is 14.2. The molecule has 0 aliphatic carbocycles. The first-order valence-electron chi connectivity index (χ1n) is 8.85. The average Bonchev–Trinajstić information content (AvgIpc) is 2.56. The van der Waals surface area contributed by atoms with E-state index in [1.54, 1.807) is 4.90 Å². The van der Waals surface area contributed by atoms with Crippen LogP contribution in [-0.2, 0) is 9.59 Å². The molecule has 0 aromatic heterocycles. The summed E-state index contributed by atoms with van der Waals surface area (Å²) in [5.74, 6) is 0.153. The lowest BCUT2D eigenvalue weighted by atomic mass is 10.1. The molecule has 0 unspecified atom stereocenters. The van der Waals surface area contributed by atoms with Crippen molar-refractivity contribution >= 4 is 17.5 Å². The Morgan fingerprint density at radius 2 is 1.87 bits per heavy atom. The molecule has 1 aliphatic heterocycles. The lowest BCUT2D eigenvalue weighted by Gasteiger charge is -2.29. The van der Waals surface area contributed by atoms with Crippen LogP contribution in [-0.4, -0.2) is 36.3 Å². The van der Waals surface area contributed by atoms with E-state index >= 15 is 0 Å². The topological polar surface area (TPSA) is 40.6 Å². The molecule has 0 radical (unpaired) electrons. The molecule has 0 spiro atoms. The number of benzene rings is 1. The lowest BCUT2D eigenvalue weighted by molar-refractivity contribution is -0.135. The number of nitrogens with zero attached hydrogens (tertiary/aromatic N) is 2. The largest absolute Gasteiger partial charge is 0.333 e. The Labute approximate surface area is 139 Å². The Balaban J connectivity index is 2.05. The van der Waals surface area contributed by atoms with Crippen LogP contribution in [0.15, 0.2) is 30.3 Å². The molecule has 1 fully saturated rings. The fourth-order valence-corrected chi connectivity index (χ4v) is 2.95. The maximum Gasteiger partial charge on any atom is 0.246 e. The van der Waals surface area contributed by atoms with Gasteiger partial charge in [-0.25, -0.2) is 0 Å². The maximum atomic E-state index is 12.8. The molecule has 1 aromatic carbocycles. The van der Waals surface area contributed by atoms with Crippen molar-refractivity contribution in [2.45, 2.75) is 51.9 Å². The van der Waals surface area contributed by atoms with Crippen LogP contribution in [0.2, 0.25) is 0 Å². The number of rotatable bonds is 6. The number of unbranched alkanes of at least 4 members (excludes halogenated alkanes) is 1. The third-order valence-electron chi connectivity index (χ3n) is 4.35. The first-order valence-corrected chi connectivity index (χ1v) is 8.85. The van der Waals surface area contributed by atoms with Crippen molar-refractivity contribution in [3.05, 3.63) is 30.3 Å². The van der Waals surface area contributed by atoms with E-state index in [1.807, 2.05) is 35.2 Å². The van der Waals surface area contributed by atoms with Crippen molar-refractivity contribution in [3.8, 4) is 0 Å². The molecule has 126 valence electrons. The number of hydrogen-bond acceptors (Lipinski definition) is 2. The molecule has 4 nitrogen and oxygen atoms in total. The first kappa shape index (κ1) is 17.5. The van der Waals surface area contributed by atoms with Crippen LogP contribution in [0.4, 0.5) is 5.69 Å². The van der Waals surface area contributed by atoms with Gasteiger partial charge in [0.25, 0.3) is 0 Å². The molecule has 4 heteroatoms. The van der Waals surface area contributed by atoms with Crippen molar-refractivity contribution in [1.29, 1.82) is 0 Å². The molecule has 2 amide bonds. The minimum absolute atomic E-state index is 0.0265. The molecule has 0 saturated carbocycles. The van der Waals surface area contributed by atoms with Crippen LogP contribution in [0.1, 0.15) is 51.9 Å². The molecule has 0 atom stereocenters. The summed E-state index contributed by atoms with van der Waals surface area (Å²) in [6, 6.07) is 9.77. The van der Waals surface area contributed by atoms with E-state index in [0.29, 0.717) is 19.5 Å². The Bertz CT molecular complexity index is 501. The minimum atomic E-state index is 0.0265. The van der Waals surface area contributed by atoms with E-state index in [9.17, 15) is 9.59 Å². The smallest absolute Gasteiger partial charge is 0.246 e. The number of para-hydroxylation sites is 1. The van der Waals surface area contributed by atoms with Crippen molar-refractivity contribution in [1.82, 2.24) is 4.90 Å². The number of amides is 2. The SMILES string of the molecule is CCCCN(C(=O)CN1CCCCCCC1=O)c1ccccc1. The van der Waals surface area contributed by atoms with Gasteiger partial charge in [-0.2, -0.15) is 0 Å². The van der Waals surface area contributed by atoms with Gasteiger partial charge in [0.05, 0.1) is 0 Å². The Kier molecular flexibility index (Phi) is 7.11. The van der Waals surface area contributed by atoms with Crippen molar-refractivity contribution < 1.29 is 9.59 Å². The van der Waals surface area contributed by atoms with Gasteiger partial charge in [0.15, 0.2) is 0 Å². The highest BCUT2D eigenvalue weighted by Crippen LogP contribution is 2.16. The summed E-state index contributed by atoms with van der Waals surface area (Å²) in [5.41, 5.74) is 0.922. The van der Waals surface area contributed by atoms with Gasteiger partial charge in [-0.3, -0.25) is 9.59 Å². The van der Waals surface area contributed by atoms with Gasteiger partial charge in [0.1, 0.15) is 6.54 Å². The van der Waals surface area contributed by atoms with E-state index in [1.165, 1.54) is 0 Å². The molecule has 2 rings (SSSR count). The molecule has 23 heavy (non-hydrogen) atoms. The fourth-order valence-electron chi connectivity index (χ4n) is 2.95. The summed E-state index contributed by atoms with van der Waals surface area (Å²) in [6.07, 6.45) is 6.80. The molecule has 0 N–H and O–H groups in total. The second-order valence-corrected chi connectivity index (χ2v) is 6.21. The third kappa shape index (κ3) is 5.38. The normalized spacial score (nSPS) is 15.9. The Morgan fingerprint density at radius 1 is 1.13 bits per heavy atom. The van der Waals surface area contributed by atoms with Crippen LogP contribution >= 0.6 is 0 Å². The maximum absolute atomic E-state index is 12.8. The van der Waals surface area contributed by atoms with Crippen molar-refractivity contribution in [2.24, 2.45) is 0 Å². The van der Waals surface area contributed by atoms with E-state index in [4.69, 9.17) is 0 Å². The van der Waals surface area contributed by atoms with Crippen LogP contribution in [0.25, 0.3) is 0 Å². The van der Waals surface area contributed by atoms with Gasteiger partial charge in [0, 0.05) is 25.2 Å². The first-order chi connectivity index (χ1) is 11.2. The molecule has 1 saturated heterocycles. The Morgan fingerprint density at radius 3 is 2.61 bits per heavy atom. The number of likely N-dealkylation sites (tertiary alicyclic amines) is 1.